The van der Waals surface area contributed by atoms with Crippen LogP contribution in [-0.2, 0) is 33.2 Å². The highest BCUT2D eigenvalue weighted by Gasteiger charge is 2.53. The molecule has 406 valence electrons. The molecule has 0 bridgehead atoms. The molecule has 12 N–H and O–H groups in total. The summed E-state index contributed by atoms with van der Waals surface area (Å²) in [5, 5.41) is 120. The Morgan fingerprint density at radius 1 is 0.507 bits per heavy atom. The number of nitrogens with one attached hydrogen (secondary N) is 1. The summed E-state index contributed by atoms with van der Waals surface area (Å²) in [6.45, 7) is 1.71. The van der Waals surface area contributed by atoms with E-state index in [9.17, 15) is 61.0 Å². The van der Waals surface area contributed by atoms with Crippen LogP contribution < -0.4 is 5.32 Å². The van der Waals surface area contributed by atoms with Gasteiger partial charge in [0.15, 0.2) is 18.9 Å². The molecule has 19 heteroatoms. The molecule has 3 rings (SSSR count). The number of rotatable bonds is 37. The normalized spacial score (nSPS) is 32.9. The molecule has 0 spiro atoms. The monoisotopic (exact) mass is 996 g/mol. The van der Waals surface area contributed by atoms with Crippen LogP contribution in [0.5, 0.6) is 0 Å². The number of allylic oxidation sites excluding steroid dienone is 2. The zero-order chi connectivity index (χ0) is 50.6. The van der Waals surface area contributed by atoms with E-state index in [2.05, 4.69) is 31.3 Å². The molecule has 0 aromatic rings. The molecule has 0 aromatic heterocycles. The van der Waals surface area contributed by atoms with Crippen molar-refractivity contribution in [1.29, 1.82) is 0 Å². The molecule has 3 aliphatic rings. The molecular formula is C50H93NO18. The number of aliphatic hydroxyl groups is 11. The summed E-state index contributed by atoms with van der Waals surface area (Å²) in [6, 6.07) is -0.885. The first-order valence-corrected chi connectivity index (χ1v) is 26.4. The van der Waals surface area contributed by atoms with E-state index in [1.807, 2.05) is 0 Å². The summed E-state index contributed by atoms with van der Waals surface area (Å²) in [6.07, 6.45) is 3.19. The Morgan fingerprint density at radius 3 is 1.43 bits per heavy atom. The van der Waals surface area contributed by atoms with Crippen LogP contribution in [0.3, 0.4) is 0 Å². The van der Waals surface area contributed by atoms with Gasteiger partial charge in [-0.2, -0.15) is 0 Å². The Balaban J connectivity index is 1.55. The van der Waals surface area contributed by atoms with Gasteiger partial charge in [0.1, 0.15) is 73.2 Å². The van der Waals surface area contributed by atoms with E-state index in [1.54, 1.807) is 0 Å². The van der Waals surface area contributed by atoms with E-state index in [4.69, 9.17) is 28.4 Å². The van der Waals surface area contributed by atoms with Crippen LogP contribution in [-0.4, -0.2) is 193 Å². The highest BCUT2D eigenvalue weighted by atomic mass is 16.8. The predicted molar refractivity (Wildman–Crippen MR) is 254 cm³/mol. The molecule has 17 unspecified atom stereocenters. The standard InChI is InChI=1S/C50H93NO18/c1-3-5-7-9-11-13-15-17-19-21-23-25-27-34(55)33(51-38(56)28-26-24-22-20-18-16-14-12-10-8-6-4-2)32-64-48-44(62)41(59)46(36(30-53)66-48)69-50-45(63)42(60)47(37(31-54)67-50)68-49-43(61)40(58)39(57)35(29-52)65-49/h12,14,33-37,39-50,52-55,57-63H,3-11,13,15-32H2,1-2H3,(H,51,56)/b14-12-. The number of hydrogen-bond donors (Lipinski definition) is 12. The van der Waals surface area contributed by atoms with Crippen molar-refractivity contribution < 1.29 is 89.4 Å². The van der Waals surface area contributed by atoms with Crippen LogP contribution in [0, 0.1) is 0 Å². The minimum atomic E-state index is -1.97. The molecule has 0 radical (unpaired) electrons. The highest BCUT2D eigenvalue weighted by molar-refractivity contribution is 5.76. The van der Waals surface area contributed by atoms with E-state index in [0.717, 1.165) is 64.2 Å². The SMILES string of the molecule is CCCCC/C=C\CCCCCCCC(=O)NC(COC1OC(CO)C(OC2OC(CO)C(OC3OC(CO)C(O)C(O)C3O)C(O)C2O)C(O)C1O)C(O)CCCCCCCCCCCCCC. The van der Waals surface area contributed by atoms with Crippen molar-refractivity contribution in [3.8, 4) is 0 Å². The minimum absolute atomic E-state index is 0.255. The third-order valence-electron chi connectivity index (χ3n) is 13.6. The van der Waals surface area contributed by atoms with Crippen LogP contribution in [0.2, 0.25) is 0 Å². The molecule has 3 heterocycles. The summed E-state index contributed by atoms with van der Waals surface area (Å²) in [5.74, 6) is -0.255. The van der Waals surface area contributed by atoms with Crippen LogP contribution in [0.1, 0.15) is 168 Å². The molecule has 3 fully saturated rings. The number of aliphatic hydroxyl groups excluding tert-OH is 11. The second-order valence-electron chi connectivity index (χ2n) is 19.3. The van der Waals surface area contributed by atoms with E-state index < -0.39 is 124 Å². The van der Waals surface area contributed by atoms with Gasteiger partial charge < -0.3 is 89.9 Å². The van der Waals surface area contributed by atoms with Crippen LogP contribution in [0.4, 0.5) is 0 Å². The van der Waals surface area contributed by atoms with Crippen molar-refractivity contribution in [2.24, 2.45) is 0 Å². The number of amides is 1. The first-order valence-electron chi connectivity index (χ1n) is 26.4. The predicted octanol–water partition coefficient (Wildman–Crippen LogP) is 2.26. The van der Waals surface area contributed by atoms with Crippen molar-refractivity contribution in [3.05, 3.63) is 12.2 Å². The average Bonchev–Trinajstić information content (AvgIpc) is 3.34. The van der Waals surface area contributed by atoms with Crippen LogP contribution in [0.15, 0.2) is 12.2 Å². The van der Waals surface area contributed by atoms with Gasteiger partial charge in [-0.1, -0.05) is 135 Å². The summed E-state index contributed by atoms with van der Waals surface area (Å²) < 4.78 is 34.2. The highest BCUT2D eigenvalue weighted by Crippen LogP contribution is 2.33. The number of hydrogen-bond acceptors (Lipinski definition) is 18. The van der Waals surface area contributed by atoms with Crippen LogP contribution >= 0.6 is 0 Å². The van der Waals surface area contributed by atoms with Crippen molar-refractivity contribution in [3.63, 3.8) is 0 Å². The van der Waals surface area contributed by atoms with Crippen molar-refractivity contribution in [2.45, 2.75) is 272 Å². The molecule has 0 aromatic carbocycles. The summed E-state index contributed by atoms with van der Waals surface area (Å²) in [4.78, 5) is 13.2. The molecule has 1 amide bonds. The zero-order valence-corrected chi connectivity index (χ0v) is 41.5. The Hall–Kier alpha value is -1.47. The Labute approximate surface area is 410 Å². The number of ether oxygens (including phenoxy) is 6. The third-order valence-corrected chi connectivity index (χ3v) is 13.6. The molecule has 0 aliphatic carbocycles. The maximum absolute atomic E-state index is 13.2. The van der Waals surface area contributed by atoms with Gasteiger partial charge in [-0.25, -0.2) is 0 Å². The molecule has 0 saturated carbocycles. The van der Waals surface area contributed by atoms with E-state index in [0.29, 0.717) is 12.8 Å². The van der Waals surface area contributed by atoms with E-state index in [-0.39, 0.29) is 18.9 Å². The first-order chi connectivity index (χ1) is 33.3. The maximum atomic E-state index is 13.2. The second-order valence-corrected chi connectivity index (χ2v) is 19.3. The van der Waals surface area contributed by atoms with Gasteiger partial charge in [0.05, 0.1) is 38.6 Å². The van der Waals surface area contributed by atoms with Gasteiger partial charge in [-0.3, -0.25) is 4.79 Å². The Morgan fingerprint density at radius 2 is 0.913 bits per heavy atom. The molecule has 69 heavy (non-hydrogen) atoms. The largest absolute Gasteiger partial charge is 0.394 e. The van der Waals surface area contributed by atoms with Gasteiger partial charge in [0.25, 0.3) is 0 Å². The average molecular weight is 996 g/mol. The maximum Gasteiger partial charge on any atom is 0.220 e. The lowest BCUT2D eigenvalue weighted by atomic mass is 9.96. The van der Waals surface area contributed by atoms with Crippen molar-refractivity contribution >= 4 is 5.91 Å². The number of unbranched alkanes of at least 4 members (excludes halogenated alkanes) is 19. The number of carbonyl (C=O) groups is 1. The lowest BCUT2D eigenvalue weighted by molar-refractivity contribution is -0.379. The third kappa shape index (κ3) is 21.5. The van der Waals surface area contributed by atoms with Gasteiger partial charge in [0.2, 0.25) is 5.91 Å². The molecule has 3 aliphatic heterocycles. The van der Waals surface area contributed by atoms with Gasteiger partial charge >= 0.3 is 0 Å². The first kappa shape index (κ1) is 61.8. The Bertz CT molecular complexity index is 1330. The fourth-order valence-corrected chi connectivity index (χ4v) is 9.13. The molecule has 3 saturated heterocycles. The van der Waals surface area contributed by atoms with Crippen LogP contribution in [0.25, 0.3) is 0 Å². The second kappa shape index (κ2) is 35.6. The van der Waals surface area contributed by atoms with Gasteiger partial charge in [-0.15, -0.1) is 0 Å². The van der Waals surface area contributed by atoms with E-state index in [1.165, 1.54) is 70.6 Å². The van der Waals surface area contributed by atoms with Gasteiger partial charge in [-0.05, 0) is 38.5 Å². The minimum Gasteiger partial charge on any atom is -0.394 e. The fourth-order valence-electron chi connectivity index (χ4n) is 9.13. The smallest absolute Gasteiger partial charge is 0.220 e. The molecule has 17 atom stereocenters. The summed E-state index contributed by atoms with van der Waals surface area (Å²) in [7, 11) is 0. The fraction of sp³-hybridized carbons (Fsp3) is 0.940. The quantitative estimate of drug-likeness (QED) is 0.0314. The van der Waals surface area contributed by atoms with Crippen molar-refractivity contribution in [2.75, 3.05) is 26.4 Å². The lowest BCUT2D eigenvalue weighted by Gasteiger charge is -2.48. The lowest BCUT2D eigenvalue weighted by Crippen LogP contribution is -2.66. The summed E-state index contributed by atoms with van der Waals surface area (Å²) >= 11 is 0. The zero-order valence-electron chi connectivity index (χ0n) is 41.5. The number of carbonyl (C=O) groups excluding carboxylic acids is 1. The summed E-state index contributed by atoms with van der Waals surface area (Å²) in [5.41, 5.74) is 0. The molecular weight excluding hydrogens is 903 g/mol. The Kier molecular flexibility index (Phi) is 31.9. The van der Waals surface area contributed by atoms with E-state index >= 15 is 0 Å². The molecule has 19 nitrogen and oxygen atoms in total. The van der Waals surface area contributed by atoms with Gasteiger partial charge in [0, 0.05) is 6.42 Å². The topological polar surface area (TPSA) is 307 Å². The van der Waals surface area contributed by atoms with Crippen molar-refractivity contribution in [1.82, 2.24) is 5.32 Å².